The molecule has 0 amide bonds. The highest BCUT2D eigenvalue weighted by Crippen LogP contribution is 2.15. The smallest absolute Gasteiger partial charge is 0.119 e. The summed E-state index contributed by atoms with van der Waals surface area (Å²) in [5, 5.41) is 3.51. The zero-order chi connectivity index (χ0) is 11.2. The minimum absolute atomic E-state index is 0.736. The molecule has 1 unspecified atom stereocenters. The van der Waals surface area contributed by atoms with Crippen LogP contribution in [0.3, 0.4) is 0 Å². The Bertz CT molecular complexity index is 306. The SMILES string of the molecule is Ic1ccc(OCCCC2CCCN2)cc1. The van der Waals surface area contributed by atoms with Gasteiger partial charge < -0.3 is 10.1 Å². The van der Waals surface area contributed by atoms with Gasteiger partial charge in [0.05, 0.1) is 6.61 Å². The van der Waals surface area contributed by atoms with Crippen LogP contribution in [0.15, 0.2) is 24.3 Å². The van der Waals surface area contributed by atoms with E-state index < -0.39 is 0 Å². The molecule has 1 aliphatic heterocycles. The van der Waals surface area contributed by atoms with Gasteiger partial charge in [0.1, 0.15) is 5.75 Å². The van der Waals surface area contributed by atoms with Crippen LogP contribution < -0.4 is 10.1 Å². The third kappa shape index (κ3) is 3.94. The van der Waals surface area contributed by atoms with Gasteiger partial charge in [-0.05, 0) is 79.1 Å². The van der Waals surface area contributed by atoms with Crippen molar-refractivity contribution >= 4 is 22.6 Å². The van der Waals surface area contributed by atoms with Gasteiger partial charge in [0.2, 0.25) is 0 Å². The molecule has 0 aromatic heterocycles. The zero-order valence-corrected chi connectivity index (χ0v) is 11.6. The Kier molecular flexibility index (Phi) is 4.91. The Morgan fingerprint density at radius 2 is 2.12 bits per heavy atom. The van der Waals surface area contributed by atoms with Crippen molar-refractivity contribution < 1.29 is 4.74 Å². The molecule has 1 N–H and O–H groups in total. The summed E-state index contributed by atoms with van der Waals surface area (Å²) in [6, 6.07) is 8.97. The molecule has 16 heavy (non-hydrogen) atoms. The van der Waals surface area contributed by atoms with Gasteiger partial charge in [-0.2, -0.15) is 0 Å². The fourth-order valence-electron chi connectivity index (χ4n) is 2.05. The lowest BCUT2D eigenvalue weighted by molar-refractivity contribution is 0.299. The van der Waals surface area contributed by atoms with Crippen molar-refractivity contribution in [2.75, 3.05) is 13.2 Å². The van der Waals surface area contributed by atoms with Gasteiger partial charge in [-0.1, -0.05) is 0 Å². The number of ether oxygens (including phenoxy) is 1. The van der Waals surface area contributed by atoms with Crippen molar-refractivity contribution in [1.82, 2.24) is 5.32 Å². The van der Waals surface area contributed by atoms with Crippen molar-refractivity contribution in [2.24, 2.45) is 0 Å². The normalized spacial score (nSPS) is 19.9. The largest absolute Gasteiger partial charge is 0.494 e. The molecule has 88 valence electrons. The Morgan fingerprint density at radius 3 is 2.81 bits per heavy atom. The molecular weight excluding hydrogens is 313 g/mol. The molecule has 0 aliphatic carbocycles. The average molecular weight is 331 g/mol. The van der Waals surface area contributed by atoms with Gasteiger partial charge in [-0.25, -0.2) is 0 Å². The van der Waals surface area contributed by atoms with Crippen molar-refractivity contribution in [3.63, 3.8) is 0 Å². The zero-order valence-electron chi connectivity index (χ0n) is 9.42. The van der Waals surface area contributed by atoms with Gasteiger partial charge in [-0.3, -0.25) is 0 Å². The van der Waals surface area contributed by atoms with Crippen molar-refractivity contribution in [3.8, 4) is 5.75 Å². The van der Waals surface area contributed by atoms with E-state index in [1.54, 1.807) is 0 Å². The summed E-state index contributed by atoms with van der Waals surface area (Å²) in [6.07, 6.45) is 5.06. The van der Waals surface area contributed by atoms with Gasteiger partial charge in [0, 0.05) is 9.61 Å². The maximum atomic E-state index is 5.69. The fourth-order valence-corrected chi connectivity index (χ4v) is 2.41. The minimum atomic E-state index is 0.736. The second-order valence-corrected chi connectivity index (χ2v) is 5.48. The summed E-state index contributed by atoms with van der Waals surface area (Å²) in [6.45, 7) is 2.03. The lowest BCUT2D eigenvalue weighted by Crippen LogP contribution is -2.21. The van der Waals surface area contributed by atoms with Gasteiger partial charge in [0.25, 0.3) is 0 Å². The molecule has 1 atom stereocenters. The average Bonchev–Trinajstić information content (AvgIpc) is 2.80. The number of rotatable bonds is 5. The van der Waals surface area contributed by atoms with Crippen LogP contribution >= 0.6 is 22.6 Å². The lowest BCUT2D eigenvalue weighted by atomic mass is 10.1. The summed E-state index contributed by atoms with van der Waals surface area (Å²) >= 11 is 2.30. The summed E-state index contributed by atoms with van der Waals surface area (Å²) in [7, 11) is 0. The first-order valence-electron chi connectivity index (χ1n) is 5.96. The Balaban J connectivity index is 1.62. The third-order valence-electron chi connectivity index (χ3n) is 2.94. The summed E-state index contributed by atoms with van der Waals surface area (Å²) in [5.74, 6) is 0.986. The van der Waals surface area contributed by atoms with Crippen LogP contribution in [0.4, 0.5) is 0 Å². The van der Waals surface area contributed by atoms with Gasteiger partial charge in [-0.15, -0.1) is 0 Å². The molecule has 1 fully saturated rings. The summed E-state index contributed by atoms with van der Waals surface area (Å²) in [4.78, 5) is 0. The molecule has 3 heteroatoms. The number of hydrogen-bond donors (Lipinski definition) is 1. The maximum Gasteiger partial charge on any atom is 0.119 e. The van der Waals surface area contributed by atoms with E-state index in [9.17, 15) is 0 Å². The Labute approximate surface area is 111 Å². The number of nitrogens with one attached hydrogen (secondary N) is 1. The molecule has 2 rings (SSSR count). The minimum Gasteiger partial charge on any atom is -0.494 e. The van der Waals surface area contributed by atoms with E-state index in [1.165, 1.54) is 29.4 Å². The molecular formula is C13H18INO. The van der Waals surface area contributed by atoms with E-state index in [2.05, 4.69) is 40.0 Å². The van der Waals surface area contributed by atoms with Crippen LogP contribution in [-0.2, 0) is 0 Å². The van der Waals surface area contributed by atoms with Crippen LogP contribution in [0.25, 0.3) is 0 Å². The van der Waals surface area contributed by atoms with Crippen molar-refractivity contribution in [1.29, 1.82) is 0 Å². The highest BCUT2D eigenvalue weighted by Gasteiger charge is 2.12. The number of halogens is 1. The maximum absolute atomic E-state index is 5.69. The second kappa shape index (κ2) is 6.45. The predicted molar refractivity (Wildman–Crippen MR) is 74.9 cm³/mol. The Hall–Kier alpha value is -0.290. The van der Waals surface area contributed by atoms with Crippen molar-refractivity contribution in [3.05, 3.63) is 27.8 Å². The molecule has 1 aliphatic rings. The predicted octanol–water partition coefficient (Wildman–Crippen LogP) is 3.20. The van der Waals surface area contributed by atoms with Crippen molar-refractivity contribution in [2.45, 2.75) is 31.7 Å². The van der Waals surface area contributed by atoms with E-state index in [-0.39, 0.29) is 0 Å². The van der Waals surface area contributed by atoms with E-state index >= 15 is 0 Å². The molecule has 0 radical (unpaired) electrons. The molecule has 1 aromatic carbocycles. The molecule has 1 saturated heterocycles. The molecule has 0 bridgehead atoms. The molecule has 0 saturated carbocycles. The van der Waals surface area contributed by atoms with E-state index in [1.807, 2.05) is 12.1 Å². The second-order valence-electron chi connectivity index (χ2n) is 4.24. The fraction of sp³-hybridized carbons (Fsp3) is 0.538. The van der Waals surface area contributed by atoms with Crippen LogP contribution in [0.2, 0.25) is 0 Å². The van der Waals surface area contributed by atoms with E-state index in [4.69, 9.17) is 4.74 Å². The number of hydrogen-bond acceptors (Lipinski definition) is 2. The first-order chi connectivity index (χ1) is 7.84. The molecule has 0 spiro atoms. The molecule has 2 nitrogen and oxygen atoms in total. The molecule has 1 heterocycles. The van der Waals surface area contributed by atoms with E-state index in [0.29, 0.717) is 0 Å². The van der Waals surface area contributed by atoms with E-state index in [0.717, 1.165) is 24.8 Å². The summed E-state index contributed by atoms with van der Waals surface area (Å²) < 4.78 is 6.94. The van der Waals surface area contributed by atoms with Crippen LogP contribution in [-0.4, -0.2) is 19.2 Å². The third-order valence-corrected chi connectivity index (χ3v) is 3.66. The van der Waals surface area contributed by atoms with Gasteiger partial charge in [0.15, 0.2) is 0 Å². The van der Waals surface area contributed by atoms with Gasteiger partial charge >= 0.3 is 0 Å². The highest BCUT2D eigenvalue weighted by molar-refractivity contribution is 14.1. The summed E-state index contributed by atoms with van der Waals surface area (Å²) in [5.41, 5.74) is 0. The van der Waals surface area contributed by atoms with Crippen LogP contribution in [0, 0.1) is 3.57 Å². The Morgan fingerprint density at radius 1 is 1.31 bits per heavy atom. The van der Waals surface area contributed by atoms with Crippen LogP contribution in [0.1, 0.15) is 25.7 Å². The standard InChI is InChI=1S/C13H18INO/c14-11-5-7-13(8-6-11)16-10-2-4-12-3-1-9-15-12/h5-8,12,15H,1-4,9-10H2. The first-order valence-corrected chi connectivity index (χ1v) is 7.04. The molecule has 1 aromatic rings. The monoisotopic (exact) mass is 331 g/mol. The number of benzene rings is 1. The first kappa shape index (κ1) is 12.2. The van der Waals surface area contributed by atoms with Crippen LogP contribution in [0.5, 0.6) is 5.75 Å². The highest BCUT2D eigenvalue weighted by atomic mass is 127. The topological polar surface area (TPSA) is 21.3 Å². The lowest BCUT2D eigenvalue weighted by Gasteiger charge is -2.10. The quantitative estimate of drug-likeness (QED) is 0.661.